The number of carbonyl (C=O) groups is 1. The normalized spacial score (nSPS) is 20.7. The minimum atomic E-state index is -0.0142. The molecule has 0 radical (unpaired) electrons. The molecule has 6 nitrogen and oxygen atoms in total. The summed E-state index contributed by atoms with van der Waals surface area (Å²) in [5.41, 5.74) is 2.08. The Bertz CT molecular complexity index is 537. The number of hydrogen-bond donors (Lipinski definition) is 0. The maximum atomic E-state index is 12.5. The van der Waals surface area contributed by atoms with Crippen LogP contribution in [0.3, 0.4) is 0 Å². The molecule has 1 atom stereocenters. The minimum Gasteiger partial charge on any atom is -0.378 e. The SMILES string of the molecule is CCN(C(=O)COCC1CCCO1)c1ccc(N2CCOCC2)cc1. The topological polar surface area (TPSA) is 51.2 Å². The lowest BCUT2D eigenvalue weighted by molar-refractivity contribution is -0.124. The number of morpholine rings is 1. The van der Waals surface area contributed by atoms with Crippen molar-refractivity contribution in [1.29, 1.82) is 0 Å². The molecule has 1 aromatic carbocycles. The monoisotopic (exact) mass is 348 g/mol. The largest absolute Gasteiger partial charge is 0.378 e. The average molecular weight is 348 g/mol. The maximum Gasteiger partial charge on any atom is 0.252 e. The quantitative estimate of drug-likeness (QED) is 0.755. The number of carbonyl (C=O) groups excluding carboxylic acids is 1. The molecule has 0 spiro atoms. The van der Waals surface area contributed by atoms with Gasteiger partial charge in [0.15, 0.2) is 0 Å². The van der Waals surface area contributed by atoms with Gasteiger partial charge in [0.2, 0.25) is 0 Å². The molecule has 2 fully saturated rings. The van der Waals surface area contributed by atoms with Crippen LogP contribution < -0.4 is 9.80 Å². The molecule has 3 rings (SSSR count). The number of hydrogen-bond acceptors (Lipinski definition) is 5. The van der Waals surface area contributed by atoms with Gasteiger partial charge in [-0.05, 0) is 44.0 Å². The first-order chi connectivity index (χ1) is 12.3. The highest BCUT2D eigenvalue weighted by Gasteiger charge is 2.19. The highest BCUT2D eigenvalue weighted by Crippen LogP contribution is 2.22. The Kier molecular flexibility index (Phi) is 6.67. The third kappa shape index (κ3) is 4.93. The molecule has 138 valence electrons. The molecule has 2 saturated heterocycles. The fraction of sp³-hybridized carbons (Fsp3) is 0.632. The number of benzene rings is 1. The van der Waals surface area contributed by atoms with Crippen molar-refractivity contribution in [2.45, 2.75) is 25.9 Å². The zero-order chi connectivity index (χ0) is 17.5. The molecule has 2 aliphatic heterocycles. The van der Waals surface area contributed by atoms with Gasteiger partial charge < -0.3 is 24.0 Å². The van der Waals surface area contributed by atoms with Crippen LogP contribution in [-0.4, -0.2) is 64.7 Å². The molecule has 2 aliphatic rings. The standard InChI is InChI=1S/C19H28N2O4/c1-2-21(19(22)15-24-14-18-4-3-11-25-18)17-7-5-16(6-8-17)20-9-12-23-13-10-20/h5-8,18H,2-4,9-15H2,1H3. The maximum absolute atomic E-state index is 12.5. The van der Waals surface area contributed by atoms with Crippen LogP contribution in [0.4, 0.5) is 11.4 Å². The van der Waals surface area contributed by atoms with Gasteiger partial charge in [-0.2, -0.15) is 0 Å². The van der Waals surface area contributed by atoms with Crippen molar-refractivity contribution < 1.29 is 19.0 Å². The minimum absolute atomic E-state index is 0.0142. The van der Waals surface area contributed by atoms with Crippen molar-refractivity contribution in [1.82, 2.24) is 0 Å². The van der Waals surface area contributed by atoms with E-state index in [1.165, 1.54) is 5.69 Å². The summed E-state index contributed by atoms with van der Waals surface area (Å²) in [6.45, 7) is 7.36. The van der Waals surface area contributed by atoms with Crippen molar-refractivity contribution in [2.75, 3.05) is 62.5 Å². The van der Waals surface area contributed by atoms with Crippen LogP contribution in [0.1, 0.15) is 19.8 Å². The van der Waals surface area contributed by atoms with E-state index < -0.39 is 0 Å². The molecule has 0 bridgehead atoms. The van der Waals surface area contributed by atoms with Crippen LogP contribution in [-0.2, 0) is 19.0 Å². The third-order valence-corrected chi connectivity index (χ3v) is 4.71. The molecule has 1 unspecified atom stereocenters. The third-order valence-electron chi connectivity index (χ3n) is 4.71. The highest BCUT2D eigenvalue weighted by atomic mass is 16.5. The van der Waals surface area contributed by atoms with Crippen LogP contribution in [0.15, 0.2) is 24.3 Å². The summed E-state index contributed by atoms with van der Waals surface area (Å²) in [5, 5.41) is 0. The lowest BCUT2D eigenvalue weighted by Gasteiger charge is -2.29. The smallest absolute Gasteiger partial charge is 0.252 e. The number of ether oxygens (including phenoxy) is 3. The van der Waals surface area contributed by atoms with Crippen molar-refractivity contribution in [2.24, 2.45) is 0 Å². The summed E-state index contributed by atoms with van der Waals surface area (Å²) in [5.74, 6) is -0.0142. The Morgan fingerprint density at radius 1 is 1.24 bits per heavy atom. The van der Waals surface area contributed by atoms with E-state index in [4.69, 9.17) is 14.2 Å². The molecule has 1 aromatic rings. The van der Waals surface area contributed by atoms with Gasteiger partial charge >= 0.3 is 0 Å². The second-order valence-corrected chi connectivity index (χ2v) is 6.40. The molecule has 0 aromatic heterocycles. The summed E-state index contributed by atoms with van der Waals surface area (Å²) in [6.07, 6.45) is 2.25. The van der Waals surface area contributed by atoms with Crippen molar-refractivity contribution in [3.05, 3.63) is 24.3 Å². The van der Waals surface area contributed by atoms with Crippen molar-refractivity contribution in [3.63, 3.8) is 0 Å². The molecule has 6 heteroatoms. The molecule has 1 amide bonds. The Morgan fingerprint density at radius 2 is 2.00 bits per heavy atom. The van der Waals surface area contributed by atoms with E-state index in [1.54, 1.807) is 4.90 Å². The van der Waals surface area contributed by atoms with Gasteiger partial charge in [-0.15, -0.1) is 0 Å². The Hall–Kier alpha value is -1.63. The second kappa shape index (κ2) is 9.17. The molecular formula is C19H28N2O4. The van der Waals surface area contributed by atoms with E-state index >= 15 is 0 Å². The number of anilines is 2. The van der Waals surface area contributed by atoms with Gasteiger partial charge in [-0.1, -0.05) is 0 Å². The van der Waals surface area contributed by atoms with Gasteiger partial charge in [-0.3, -0.25) is 4.79 Å². The summed E-state index contributed by atoms with van der Waals surface area (Å²) < 4.78 is 16.5. The Balaban J connectivity index is 1.52. The summed E-state index contributed by atoms with van der Waals surface area (Å²) in [4.78, 5) is 16.5. The van der Waals surface area contributed by atoms with E-state index in [-0.39, 0.29) is 18.6 Å². The summed E-state index contributed by atoms with van der Waals surface area (Å²) in [7, 11) is 0. The van der Waals surface area contributed by atoms with Crippen LogP contribution in [0.5, 0.6) is 0 Å². The number of amides is 1. The van der Waals surface area contributed by atoms with E-state index in [0.717, 1.165) is 51.4 Å². The second-order valence-electron chi connectivity index (χ2n) is 6.40. The summed E-state index contributed by atoms with van der Waals surface area (Å²) in [6, 6.07) is 8.16. The lowest BCUT2D eigenvalue weighted by Crippen LogP contribution is -2.36. The van der Waals surface area contributed by atoms with Crippen LogP contribution >= 0.6 is 0 Å². The number of rotatable bonds is 7. The Morgan fingerprint density at radius 3 is 2.64 bits per heavy atom. The first-order valence-electron chi connectivity index (χ1n) is 9.20. The van der Waals surface area contributed by atoms with Gasteiger partial charge in [0.1, 0.15) is 6.61 Å². The Labute approximate surface area is 149 Å². The fourth-order valence-corrected chi connectivity index (χ4v) is 3.30. The lowest BCUT2D eigenvalue weighted by atomic mass is 10.2. The molecule has 0 N–H and O–H groups in total. The zero-order valence-electron chi connectivity index (χ0n) is 15.0. The van der Waals surface area contributed by atoms with E-state index in [2.05, 4.69) is 17.0 Å². The fourth-order valence-electron chi connectivity index (χ4n) is 3.30. The number of likely N-dealkylation sites (N-methyl/N-ethyl adjacent to an activating group) is 1. The van der Waals surface area contributed by atoms with Gasteiger partial charge in [0.25, 0.3) is 5.91 Å². The van der Waals surface area contributed by atoms with Crippen LogP contribution in [0.2, 0.25) is 0 Å². The highest BCUT2D eigenvalue weighted by molar-refractivity contribution is 5.94. The number of nitrogens with zero attached hydrogens (tertiary/aromatic N) is 2. The van der Waals surface area contributed by atoms with E-state index in [0.29, 0.717) is 13.2 Å². The molecule has 0 saturated carbocycles. The first kappa shape index (κ1) is 18.2. The average Bonchev–Trinajstić information content (AvgIpc) is 3.17. The molecule has 2 heterocycles. The van der Waals surface area contributed by atoms with Crippen LogP contribution in [0.25, 0.3) is 0 Å². The van der Waals surface area contributed by atoms with E-state index in [1.807, 2.05) is 19.1 Å². The molecular weight excluding hydrogens is 320 g/mol. The predicted molar refractivity (Wildman–Crippen MR) is 97.3 cm³/mol. The van der Waals surface area contributed by atoms with Crippen molar-refractivity contribution in [3.8, 4) is 0 Å². The zero-order valence-corrected chi connectivity index (χ0v) is 15.0. The van der Waals surface area contributed by atoms with Gasteiger partial charge in [0, 0.05) is 37.6 Å². The van der Waals surface area contributed by atoms with Crippen LogP contribution in [0, 0.1) is 0 Å². The summed E-state index contributed by atoms with van der Waals surface area (Å²) >= 11 is 0. The van der Waals surface area contributed by atoms with Gasteiger partial charge in [0.05, 0.1) is 25.9 Å². The van der Waals surface area contributed by atoms with Crippen molar-refractivity contribution >= 4 is 17.3 Å². The molecule has 0 aliphatic carbocycles. The predicted octanol–water partition coefficient (Wildman–Crippen LogP) is 2.07. The molecule has 25 heavy (non-hydrogen) atoms. The van der Waals surface area contributed by atoms with E-state index in [9.17, 15) is 4.79 Å². The van der Waals surface area contributed by atoms with Gasteiger partial charge in [-0.25, -0.2) is 0 Å². The first-order valence-corrected chi connectivity index (χ1v) is 9.20.